The van der Waals surface area contributed by atoms with Crippen LogP contribution < -0.4 is 9.64 Å². The molecule has 0 bridgehead atoms. The van der Waals surface area contributed by atoms with Gasteiger partial charge in [-0.05, 0) is 31.2 Å². The predicted molar refractivity (Wildman–Crippen MR) is 95.5 cm³/mol. The zero-order valence-electron chi connectivity index (χ0n) is 14.1. The number of aliphatic hydroxyl groups excluding tert-OH is 1. The molecule has 0 saturated carbocycles. The van der Waals surface area contributed by atoms with Crippen LogP contribution in [0.1, 0.15) is 18.7 Å². The van der Waals surface area contributed by atoms with Crippen molar-refractivity contribution in [3.05, 3.63) is 54.2 Å². The highest BCUT2D eigenvalue weighted by molar-refractivity contribution is 5.40. The second-order valence-electron chi connectivity index (χ2n) is 6.09. The minimum atomic E-state index is -0.527. The average Bonchev–Trinajstić information content (AvgIpc) is 2.63. The van der Waals surface area contributed by atoms with Gasteiger partial charge in [0.15, 0.2) is 0 Å². The van der Waals surface area contributed by atoms with Crippen molar-refractivity contribution in [2.45, 2.75) is 13.0 Å². The Morgan fingerprint density at radius 2 is 1.79 bits per heavy atom. The molecular weight excluding hydrogens is 302 g/mol. The summed E-state index contributed by atoms with van der Waals surface area (Å²) in [4.78, 5) is 9.25. The van der Waals surface area contributed by atoms with E-state index >= 15 is 0 Å². The van der Waals surface area contributed by atoms with Gasteiger partial charge >= 0.3 is 0 Å². The lowest BCUT2D eigenvalue weighted by atomic mass is 10.2. The van der Waals surface area contributed by atoms with Crippen LogP contribution in [0.25, 0.3) is 0 Å². The monoisotopic (exact) mass is 327 g/mol. The molecule has 0 amide bonds. The Kier molecular flexibility index (Phi) is 5.67. The smallest absolute Gasteiger partial charge is 0.129 e. The highest BCUT2D eigenvalue weighted by atomic mass is 16.5. The van der Waals surface area contributed by atoms with Crippen LogP contribution in [0.15, 0.2) is 48.5 Å². The number of aromatic nitrogens is 1. The van der Waals surface area contributed by atoms with Gasteiger partial charge in [0.25, 0.3) is 0 Å². The zero-order chi connectivity index (χ0) is 16.8. The minimum absolute atomic E-state index is 0.527. The van der Waals surface area contributed by atoms with Crippen molar-refractivity contribution >= 4 is 5.82 Å². The molecular formula is C19H25N3O2. The summed E-state index contributed by atoms with van der Waals surface area (Å²) in [6.45, 7) is 7.28. The standard InChI is InChI=1S/C19H25N3O2/c1-16(23)18-8-5-9-19(20-18)22-12-10-21(11-13-22)14-15-24-17-6-3-2-4-7-17/h2-9,16,23H,10-15H2,1H3/t16-/m1/s1. The van der Waals surface area contributed by atoms with Crippen LogP contribution in [0.5, 0.6) is 5.75 Å². The quantitative estimate of drug-likeness (QED) is 0.882. The number of ether oxygens (including phenoxy) is 1. The van der Waals surface area contributed by atoms with Crippen LogP contribution in [0.2, 0.25) is 0 Å². The highest BCUT2D eigenvalue weighted by Crippen LogP contribution is 2.17. The van der Waals surface area contributed by atoms with Crippen molar-refractivity contribution in [3.63, 3.8) is 0 Å². The maximum atomic E-state index is 9.68. The van der Waals surface area contributed by atoms with Crippen molar-refractivity contribution in [2.75, 3.05) is 44.2 Å². The molecule has 0 aliphatic carbocycles. The molecule has 2 aromatic rings. The van der Waals surface area contributed by atoms with E-state index < -0.39 is 6.10 Å². The molecule has 5 heteroatoms. The summed E-state index contributed by atoms with van der Waals surface area (Å²) in [5.74, 6) is 1.88. The molecule has 1 saturated heterocycles. The van der Waals surface area contributed by atoms with Crippen LogP contribution in [0, 0.1) is 0 Å². The molecule has 3 rings (SSSR count). The van der Waals surface area contributed by atoms with E-state index in [2.05, 4.69) is 14.8 Å². The van der Waals surface area contributed by atoms with Gasteiger partial charge in [-0.2, -0.15) is 0 Å². The summed E-state index contributed by atoms with van der Waals surface area (Å²) in [5, 5.41) is 9.68. The molecule has 1 aromatic carbocycles. The number of benzene rings is 1. The van der Waals surface area contributed by atoms with Gasteiger partial charge < -0.3 is 14.7 Å². The lowest BCUT2D eigenvalue weighted by Crippen LogP contribution is -2.47. The van der Waals surface area contributed by atoms with Crippen molar-refractivity contribution < 1.29 is 9.84 Å². The first-order valence-electron chi connectivity index (χ1n) is 8.52. The number of aliphatic hydroxyl groups is 1. The second-order valence-corrected chi connectivity index (χ2v) is 6.09. The summed E-state index contributed by atoms with van der Waals surface area (Å²) >= 11 is 0. The van der Waals surface area contributed by atoms with E-state index in [4.69, 9.17) is 4.74 Å². The number of pyridine rings is 1. The maximum absolute atomic E-state index is 9.68. The second kappa shape index (κ2) is 8.13. The van der Waals surface area contributed by atoms with Gasteiger partial charge in [-0.3, -0.25) is 4.90 Å². The van der Waals surface area contributed by atoms with E-state index in [1.54, 1.807) is 6.92 Å². The first-order valence-corrected chi connectivity index (χ1v) is 8.52. The summed E-state index contributed by atoms with van der Waals surface area (Å²) in [5.41, 5.74) is 0.728. The van der Waals surface area contributed by atoms with Crippen LogP contribution in [0.3, 0.4) is 0 Å². The fourth-order valence-electron chi connectivity index (χ4n) is 2.86. The minimum Gasteiger partial charge on any atom is -0.492 e. The molecule has 5 nitrogen and oxygen atoms in total. The molecule has 1 N–H and O–H groups in total. The molecule has 1 aliphatic rings. The number of hydrogen-bond acceptors (Lipinski definition) is 5. The number of nitrogens with zero attached hydrogens (tertiary/aromatic N) is 3. The number of para-hydroxylation sites is 1. The summed E-state index contributed by atoms with van der Waals surface area (Å²) in [7, 11) is 0. The Bertz CT molecular complexity index is 626. The third-order valence-corrected chi connectivity index (χ3v) is 4.30. The van der Waals surface area contributed by atoms with E-state index in [9.17, 15) is 5.11 Å². The maximum Gasteiger partial charge on any atom is 0.129 e. The van der Waals surface area contributed by atoms with Crippen LogP contribution in [0.4, 0.5) is 5.82 Å². The normalized spacial score (nSPS) is 16.8. The van der Waals surface area contributed by atoms with E-state index in [1.807, 2.05) is 48.5 Å². The van der Waals surface area contributed by atoms with Gasteiger partial charge in [-0.15, -0.1) is 0 Å². The Morgan fingerprint density at radius 1 is 1.04 bits per heavy atom. The fourth-order valence-corrected chi connectivity index (χ4v) is 2.86. The van der Waals surface area contributed by atoms with Gasteiger partial charge in [0.1, 0.15) is 18.2 Å². The molecule has 24 heavy (non-hydrogen) atoms. The molecule has 0 unspecified atom stereocenters. The molecule has 0 radical (unpaired) electrons. The summed E-state index contributed by atoms with van der Waals surface area (Å²) < 4.78 is 5.77. The Morgan fingerprint density at radius 3 is 2.50 bits per heavy atom. The molecule has 1 aromatic heterocycles. The number of hydrogen-bond donors (Lipinski definition) is 1. The Labute approximate surface area is 143 Å². The van der Waals surface area contributed by atoms with Crippen LogP contribution in [-0.2, 0) is 0 Å². The molecule has 128 valence electrons. The van der Waals surface area contributed by atoms with Crippen molar-refractivity contribution in [2.24, 2.45) is 0 Å². The van der Waals surface area contributed by atoms with Gasteiger partial charge in [0.2, 0.25) is 0 Å². The van der Waals surface area contributed by atoms with Crippen molar-refractivity contribution in [1.82, 2.24) is 9.88 Å². The number of anilines is 1. The highest BCUT2D eigenvalue weighted by Gasteiger charge is 2.18. The SMILES string of the molecule is C[C@@H](O)c1cccc(N2CCN(CCOc3ccccc3)CC2)n1. The van der Waals surface area contributed by atoms with Gasteiger partial charge in [0.05, 0.1) is 11.8 Å². The first-order chi connectivity index (χ1) is 11.7. The third-order valence-electron chi connectivity index (χ3n) is 4.30. The van der Waals surface area contributed by atoms with Crippen molar-refractivity contribution in [1.29, 1.82) is 0 Å². The van der Waals surface area contributed by atoms with E-state index in [1.165, 1.54) is 0 Å². The molecule has 1 atom stereocenters. The molecule has 2 heterocycles. The van der Waals surface area contributed by atoms with E-state index in [-0.39, 0.29) is 0 Å². The topological polar surface area (TPSA) is 48.8 Å². The number of piperazine rings is 1. The van der Waals surface area contributed by atoms with E-state index in [0.29, 0.717) is 6.61 Å². The third kappa shape index (κ3) is 4.46. The Hall–Kier alpha value is -2.11. The summed E-state index contributed by atoms with van der Waals surface area (Å²) in [6, 6.07) is 15.8. The number of rotatable bonds is 6. The lowest BCUT2D eigenvalue weighted by molar-refractivity contribution is 0.193. The lowest BCUT2D eigenvalue weighted by Gasteiger charge is -2.35. The van der Waals surface area contributed by atoms with Crippen LogP contribution >= 0.6 is 0 Å². The van der Waals surface area contributed by atoms with Gasteiger partial charge in [0, 0.05) is 32.7 Å². The first kappa shape index (κ1) is 16.7. The van der Waals surface area contributed by atoms with Gasteiger partial charge in [-0.1, -0.05) is 24.3 Å². The molecule has 1 aliphatic heterocycles. The molecule has 0 spiro atoms. The van der Waals surface area contributed by atoms with E-state index in [0.717, 1.165) is 50.0 Å². The van der Waals surface area contributed by atoms with Gasteiger partial charge in [-0.25, -0.2) is 4.98 Å². The summed E-state index contributed by atoms with van der Waals surface area (Å²) in [6.07, 6.45) is -0.527. The van der Waals surface area contributed by atoms with Crippen molar-refractivity contribution in [3.8, 4) is 5.75 Å². The van der Waals surface area contributed by atoms with Crippen LogP contribution in [-0.4, -0.2) is 54.3 Å². The fraction of sp³-hybridized carbons (Fsp3) is 0.421. The zero-order valence-corrected chi connectivity index (χ0v) is 14.1. The average molecular weight is 327 g/mol. The Balaban J connectivity index is 1.45. The largest absolute Gasteiger partial charge is 0.492 e. The predicted octanol–water partition coefficient (Wildman–Crippen LogP) is 2.34. The molecule has 1 fully saturated rings.